The molecular weight excluding hydrogens is 378 g/mol. The first-order valence-corrected chi connectivity index (χ1v) is 12.0. The fourth-order valence-electron chi connectivity index (χ4n) is 3.73. The number of aryl methyl sites for hydroxylation is 3. The van der Waals surface area contributed by atoms with E-state index in [0.29, 0.717) is 0 Å². The Morgan fingerprint density at radius 2 is 1.23 bits per heavy atom. The molecule has 0 unspecified atom stereocenters. The third-order valence-electron chi connectivity index (χ3n) is 5.80. The minimum absolute atomic E-state index is 0.758. The zero-order chi connectivity index (χ0) is 21.7. The second kappa shape index (κ2) is 12.9. The molecule has 1 heterocycles. The molecule has 3 rings (SSSR count). The van der Waals surface area contributed by atoms with Gasteiger partial charge in [0, 0.05) is 5.56 Å². The van der Waals surface area contributed by atoms with Crippen LogP contribution in [0.2, 0.25) is 0 Å². The summed E-state index contributed by atoms with van der Waals surface area (Å²) in [5, 5.41) is 0. The maximum atomic E-state index is 5.70. The van der Waals surface area contributed by atoms with Gasteiger partial charge in [-0.3, -0.25) is 4.98 Å². The molecule has 0 saturated heterocycles. The van der Waals surface area contributed by atoms with Crippen molar-refractivity contribution in [2.75, 3.05) is 6.61 Å². The van der Waals surface area contributed by atoms with Crippen LogP contribution in [0.4, 0.5) is 0 Å². The highest BCUT2D eigenvalue weighted by Crippen LogP contribution is 2.21. The van der Waals surface area contributed by atoms with Gasteiger partial charge in [0.05, 0.1) is 18.5 Å². The molecule has 2 aromatic carbocycles. The maximum Gasteiger partial charge on any atom is 0.137 e. The first-order chi connectivity index (χ1) is 15.3. The van der Waals surface area contributed by atoms with Crippen molar-refractivity contribution in [3.8, 4) is 17.0 Å². The minimum atomic E-state index is 0.758. The van der Waals surface area contributed by atoms with Gasteiger partial charge >= 0.3 is 0 Å². The quantitative estimate of drug-likeness (QED) is 0.265. The molecule has 0 radical (unpaired) electrons. The summed E-state index contributed by atoms with van der Waals surface area (Å²) in [4.78, 5) is 4.57. The predicted molar refractivity (Wildman–Crippen MR) is 132 cm³/mol. The van der Waals surface area contributed by atoms with Crippen molar-refractivity contribution in [1.82, 2.24) is 4.98 Å². The van der Waals surface area contributed by atoms with E-state index in [0.717, 1.165) is 49.3 Å². The van der Waals surface area contributed by atoms with E-state index < -0.39 is 0 Å². The van der Waals surface area contributed by atoms with Gasteiger partial charge in [-0.1, -0.05) is 88.1 Å². The summed E-state index contributed by atoms with van der Waals surface area (Å²) in [5.41, 5.74) is 6.40. The molecule has 164 valence electrons. The van der Waals surface area contributed by atoms with Gasteiger partial charge in [0.1, 0.15) is 5.75 Å². The highest BCUT2D eigenvalue weighted by Gasteiger charge is 2.02. The van der Waals surface area contributed by atoms with Gasteiger partial charge in [-0.05, 0) is 60.9 Å². The van der Waals surface area contributed by atoms with Crippen molar-refractivity contribution in [3.63, 3.8) is 0 Å². The zero-order valence-electron chi connectivity index (χ0n) is 19.3. The standard InChI is InChI=1S/C29H37NO/c1-3-5-7-8-9-24-10-12-25(13-11-24)14-15-26-16-18-27(19-17-26)29-21-20-28(23-30-29)31-22-6-4-2/h10-13,16-21,23H,3-9,14-15,22H2,1-2H3. The summed E-state index contributed by atoms with van der Waals surface area (Å²) >= 11 is 0. The van der Waals surface area contributed by atoms with Crippen molar-refractivity contribution < 1.29 is 4.74 Å². The molecule has 0 aliphatic heterocycles. The smallest absolute Gasteiger partial charge is 0.137 e. The van der Waals surface area contributed by atoms with Crippen LogP contribution in [0, 0.1) is 0 Å². The van der Waals surface area contributed by atoms with Crippen molar-refractivity contribution >= 4 is 0 Å². The SMILES string of the molecule is CCCCCCc1ccc(CCc2ccc(-c3ccc(OCCCC)cn3)cc2)cc1. The first kappa shape index (κ1) is 23.1. The summed E-state index contributed by atoms with van der Waals surface area (Å²) in [5.74, 6) is 0.848. The molecule has 0 atom stereocenters. The van der Waals surface area contributed by atoms with E-state index >= 15 is 0 Å². The summed E-state index contributed by atoms with van der Waals surface area (Å²) in [6.45, 7) is 5.19. The molecular formula is C29H37NO. The number of unbranched alkanes of at least 4 members (excludes halogenated alkanes) is 4. The average Bonchev–Trinajstić information content (AvgIpc) is 2.82. The molecule has 2 nitrogen and oxygen atoms in total. The predicted octanol–water partition coefficient (Wildman–Crippen LogP) is 7.84. The van der Waals surface area contributed by atoms with E-state index in [2.05, 4.69) is 67.4 Å². The van der Waals surface area contributed by atoms with Crippen molar-refractivity contribution in [1.29, 1.82) is 0 Å². The first-order valence-electron chi connectivity index (χ1n) is 12.0. The Kier molecular flexibility index (Phi) is 9.63. The van der Waals surface area contributed by atoms with Crippen LogP contribution in [0.25, 0.3) is 11.3 Å². The molecule has 2 heteroatoms. The van der Waals surface area contributed by atoms with E-state index in [9.17, 15) is 0 Å². The molecule has 0 N–H and O–H groups in total. The molecule has 0 amide bonds. The Hall–Kier alpha value is -2.61. The number of ether oxygens (including phenoxy) is 1. The Balaban J connectivity index is 1.47. The lowest BCUT2D eigenvalue weighted by molar-refractivity contribution is 0.308. The lowest BCUT2D eigenvalue weighted by Crippen LogP contribution is -1.97. The van der Waals surface area contributed by atoms with Crippen molar-refractivity contribution in [2.45, 2.75) is 71.6 Å². The van der Waals surface area contributed by atoms with Crippen LogP contribution in [0.3, 0.4) is 0 Å². The Morgan fingerprint density at radius 3 is 1.81 bits per heavy atom. The van der Waals surface area contributed by atoms with E-state index in [1.54, 1.807) is 0 Å². The largest absolute Gasteiger partial charge is 0.492 e. The molecule has 31 heavy (non-hydrogen) atoms. The fraction of sp³-hybridized carbons (Fsp3) is 0.414. The second-order valence-electron chi connectivity index (χ2n) is 8.41. The zero-order valence-corrected chi connectivity index (χ0v) is 19.3. The van der Waals surface area contributed by atoms with Crippen LogP contribution in [-0.4, -0.2) is 11.6 Å². The Morgan fingerprint density at radius 1 is 0.613 bits per heavy atom. The molecule has 1 aromatic heterocycles. The number of benzene rings is 2. The highest BCUT2D eigenvalue weighted by atomic mass is 16.5. The van der Waals surface area contributed by atoms with Gasteiger partial charge in [-0.25, -0.2) is 0 Å². The average molecular weight is 416 g/mol. The Labute approximate surface area is 188 Å². The number of aromatic nitrogens is 1. The second-order valence-corrected chi connectivity index (χ2v) is 8.41. The van der Waals surface area contributed by atoms with Crippen LogP contribution in [-0.2, 0) is 19.3 Å². The third-order valence-corrected chi connectivity index (χ3v) is 5.80. The van der Waals surface area contributed by atoms with Crippen LogP contribution < -0.4 is 4.74 Å². The van der Waals surface area contributed by atoms with Crippen LogP contribution in [0.15, 0.2) is 66.9 Å². The molecule has 0 bridgehead atoms. The molecule has 0 aliphatic carbocycles. The van der Waals surface area contributed by atoms with Gasteiger partial charge < -0.3 is 4.74 Å². The third kappa shape index (κ3) is 7.86. The van der Waals surface area contributed by atoms with E-state index in [-0.39, 0.29) is 0 Å². The van der Waals surface area contributed by atoms with Crippen LogP contribution in [0.1, 0.15) is 69.1 Å². The lowest BCUT2D eigenvalue weighted by atomic mass is 10.00. The molecule has 3 aromatic rings. The van der Waals surface area contributed by atoms with Crippen molar-refractivity contribution in [2.24, 2.45) is 0 Å². The van der Waals surface area contributed by atoms with E-state index in [1.807, 2.05) is 18.3 Å². The summed E-state index contributed by atoms with van der Waals surface area (Å²) < 4.78 is 5.70. The molecule has 0 fully saturated rings. The Bertz CT molecular complexity index is 866. The molecule has 0 aliphatic rings. The highest BCUT2D eigenvalue weighted by molar-refractivity contribution is 5.59. The van der Waals surface area contributed by atoms with Crippen molar-refractivity contribution in [3.05, 3.63) is 83.6 Å². The fourth-order valence-corrected chi connectivity index (χ4v) is 3.73. The summed E-state index contributed by atoms with van der Waals surface area (Å²) in [6.07, 6.45) is 12.7. The van der Waals surface area contributed by atoms with E-state index in [1.165, 1.54) is 48.8 Å². The van der Waals surface area contributed by atoms with E-state index in [4.69, 9.17) is 4.74 Å². The number of hydrogen-bond donors (Lipinski definition) is 0. The van der Waals surface area contributed by atoms with Crippen LogP contribution in [0.5, 0.6) is 5.75 Å². The van der Waals surface area contributed by atoms with Gasteiger partial charge in [-0.2, -0.15) is 0 Å². The van der Waals surface area contributed by atoms with Crippen LogP contribution >= 0.6 is 0 Å². The molecule has 0 saturated carbocycles. The molecule has 0 spiro atoms. The number of hydrogen-bond acceptors (Lipinski definition) is 2. The number of pyridine rings is 1. The lowest BCUT2D eigenvalue weighted by Gasteiger charge is -2.08. The normalized spacial score (nSPS) is 10.9. The topological polar surface area (TPSA) is 22.1 Å². The maximum absolute atomic E-state index is 5.70. The summed E-state index contributed by atoms with van der Waals surface area (Å²) in [7, 11) is 0. The number of nitrogens with zero attached hydrogens (tertiary/aromatic N) is 1. The summed E-state index contributed by atoms with van der Waals surface area (Å²) in [6, 6.07) is 22.1. The monoisotopic (exact) mass is 415 g/mol. The van der Waals surface area contributed by atoms with Gasteiger partial charge in [-0.15, -0.1) is 0 Å². The van der Waals surface area contributed by atoms with Gasteiger partial charge in [0.25, 0.3) is 0 Å². The minimum Gasteiger partial charge on any atom is -0.492 e. The van der Waals surface area contributed by atoms with Gasteiger partial charge in [0.15, 0.2) is 0 Å². The van der Waals surface area contributed by atoms with Gasteiger partial charge in [0.2, 0.25) is 0 Å². The number of rotatable bonds is 13.